The largest absolute Gasteiger partial charge is 0.330 e. The molecular formula is C5H18N4. The summed E-state index contributed by atoms with van der Waals surface area (Å²) in [5, 5.41) is 0. The molecule has 0 saturated heterocycles. The summed E-state index contributed by atoms with van der Waals surface area (Å²) in [5.74, 6) is 8.00. The molecule has 0 aromatic carbocycles. The Kier molecular flexibility index (Phi) is 13.9. The highest BCUT2D eigenvalue weighted by Crippen LogP contribution is 1.76. The smallest absolute Gasteiger partial charge is 0.00128 e. The van der Waals surface area contributed by atoms with Gasteiger partial charge >= 0.3 is 0 Å². The quantitative estimate of drug-likeness (QED) is 0.331. The average molecular weight is 134 g/mol. The molecule has 0 radical (unpaired) electrons. The molecule has 0 aliphatic heterocycles. The summed E-state index contributed by atoms with van der Waals surface area (Å²) in [6.45, 7) is 1.91. The minimum Gasteiger partial charge on any atom is -0.330 e. The second-order valence-corrected chi connectivity index (χ2v) is 1.95. The van der Waals surface area contributed by atoms with Crippen LogP contribution in [0.15, 0.2) is 0 Å². The lowest BCUT2D eigenvalue weighted by Crippen LogP contribution is -2.16. The molecule has 0 atom stereocenters. The fourth-order valence-corrected chi connectivity index (χ4v) is 0.408. The summed E-state index contributed by atoms with van der Waals surface area (Å²) < 4.78 is 0. The third kappa shape index (κ3) is 18.1. The lowest BCUT2D eigenvalue weighted by molar-refractivity contribution is 0.403. The van der Waals surface area contributed by atoms with Crippen LogP contribution in [0.25, 0.3) is 0 Å². The van der Waals surface area contributed by atoms with Crippen molar-refractivity contribution in [2.45, 2.75) is 6.42 Å². The van der Waals surface area contributed by atoms with Crippen LogP contribution in [0.4, 0.5) is 0 Å². The normalized spacial score (nSPS) is 8.67. The molecule has 4 nitrogen and oxygen atoms in total. The summed E-state index contributed by atoms with van der Waals surface area (Å²) in [6, 6.07) is 0. The lowest BCUT2D eigenvalue weighted by Gasteiger charge is -2.05. The van der Waals surface area contributed by atoms with Gasteiger partial charge in [-0.3, -0.25) is 11.7 Å². The van der Waals surface area contributed by atoms with Gasteiger partial charge < -0.3 is 10.6 Å². The zero-order chi connectivity index (χ0) is 7.70. The zero-order valence-corrected chi connectivity index (χ0v) is 6.30. The molecule has 6 N–H and O–H groups in total. The number of hydrogen-bond donors (Lipinski definition) is 3. The van der Waals surface area contributed by atoms with Crippen LogP contribution in [-0.2, 0) is 0 Å². The van der Waals surface area contributed by atoms with Crippen molar-refractivity contribution in [1.29, 1.82) is 0 Å². The maximum Gasteiger partial charge on any atom is -0.00128 e. The molecule has 0 spiro atoms. The third-order valence-electron chi connectivity index (χ3n) is 0.809. The molecule has 0 bridgehead atoms. The van der Waals surface area contributed by atoms with E-state index in [9.17, 15) is 0 Å². The molecule has 9 heavy (non-hydrogen) atoms. The van der Waals surface area contributed by atoms with Crippen LogP contribution < -0.4 is 17.4 Å². The van der Waals surface area contributed by atoms with Crippen molar-refractivity contribution in [2.24, 2.45) is 17.4 Å². The molecule has 4 heteroatoms. The Morgan fingerprint density at radius 1 is 1.22 bits per heavy atom. The van der Waals surface area contributed by atoms with Gasteiger partial charge in [0.25, 0.3) is 0 Å². The summed E-state index contributed by atoms with van der Waals surface area (Å²) in [6.07, 6.45) is 1.10. The molecule has 58 valence electrons. The lowest BCUT2D eigenvalue weighted by atomic mass is 10.4. The maximum atomic E-state index is 5.25. The summed E-state index contributed by atoms with van der Waals surface area (Å²) in [5.41, 5.74) is 5.25. The van der Waals surface area contributed by atoms with Gasteiger partial charge in [-0.1, -0.05) is 0 Å². The molecule has 0 unspecified atom stereocenters. The van der Waals surface area contributed by atoms with E-state index in [1.54, 1.807) is 0 Å². The van der Waals surface area contributed by atoms with Crippen LogP contribution in [0, 0.1) is 0 Å². The van der Waals surface area contributed by atoms with Crippen LogP contribution >= 0.6 is 0 Å². The predicted molar refractivity (Wildman–Crippen MR) is 40.6 cm³/mol. The first kappa shape index (κ1) is 11.6. The van der Waals surface area contributed by atoms with E-state index in [4.69, 9.17) is 5.73 Å². The van der Waals surface area contributed by atoms with Gasteiger partial charge in [0.1, 0.15) is 0 Å². The van der Waals surface area contributed by atoms with E-state index in [2.05, 4.69) is 30.7 Å². The number of nitrogens with two attached hydrogens (primary N) is 3. The highest BCUT2D eigenvalue weighted by atomic mass is 15.0. The molecule has 0 rings (SSSR count). The fourth-order valence-electron chi connectivity index (χ4n) is 0.408. The highest BCUT2D eigenvalue weighted by Gasteiger charge is 1.83. The molecule has 0 aliphatic carbocycles. The molecule has 0 saturated carbocycles. The number of hydrogen-bond acceptors (Lipinski definition) is 4. The summed E-state index contributed by atoms with van der Waals surface area (Å²) in [4.78, 5) is 2.13. The second kappa shape index (κ2) is 10.8. The van der Waals surface area contributed by atoms with E-state index in [1.807, 2.05) is 0 Å². The summed E-state index contributed by atoms with van der Waals surface area (Å²) in [7, 11) is 4.10. The van der Waals surface area contributed by atoms with E-state index in [0.29, 0.717) is 0 Å². The Morgan fingerprint density at radius 2 is 1.67 bits per heavy atom. The summed E-state index contributed by atoms with van der Waals surface area (Å²) >= 11 is 0. The number of rotatable bonds is 3. The minimum atomic E-state index is 0.804. The highest BCUT2D eigenvalue weighted by molar-refractivity contribution is 4.42. The van der Waals surface area contributed by atoms with Crippen molar-refractivity contribution in [3.63, 3.8) is 0 Å². The molecule has 0 aliphatic rings. The molecule has 0 heterocycles. The first-order valence-corrected chi connectivity index (χ1v) is 2.95. The minimum absolute atomic E-state index is 0.804. The Balaban J connectivity index is 0. The average Bonchev–Trinajstić information content (AvgIpc) is 1.88. The van der Waals surface area contributed by atoms with Crippen LogP contribution in [0.3, 0.4) is 0 Å². The Morgan fingerprint density at radius 3 is 1.78 bits per heavy atom. The van der Waals surface area contributed by atoms with E-state index >= 15 is 0 Å². The predicted octanol–water partition coefficient (Wildman–Crippen LogP) is -1.28. The van der Waals surface area contributed by atoms with Crippen molar-refractivity contribution in [1.82, 2.24) is 4.90 Å². The van der Waals surface area contributed by atoms with Crippen molar-refractivity contribution in [2.75, 3.05) is 27.2 Å². The Labute approximate surface area is 57.0 Å². The Hall–Kier alpha value is -0.160. The molecule has 0 aromatic rings. The van der Waals surface area contributed by atoms with Gasteiger partial charge in [-0.05, 0) is 33.6 Å². The van der Waals surface area contributed by atoms with E-state index in [-0.39, 0.29) is 0 Å². The van der Waals surface area contributed by atoms with Gasteiger partial charge in [0.15, 0.2) is 0 Å². The van der Waals surface area contributed by atoms with Crippen LogP contribution in [0.5, 0.6) is 0 Å². The third-order valence-corrected chi connectivity index (χ3v) is 0.809. The topological polar surface area (TPSA) is 81.3 Å². The Bertz CT molecular complexity index is 37.9. The zero-order valence-electron chi connectivity index (χ0n) is 6.30. The van der Waals surface area contributed by atoms with Crippen LogP contribution in [0.1, 0.15) is 6.42 Å². The number of nitrogens with zero attached hydrogens (tertiary/aromatic N) is 1. The standard InChI is InChI=1S/C5H14N2.H4N2/c1-7(2)5-3-4-6;1-2/h3-6H2,1-2H3;1-2H2. The van der Waals surface area contributed by atoms with Gasteiger partial charge in [-0.15, -0.1) is 0 Å². The first-order valence-electron chi connectivity index (χ1n) is 2.95. The van der Waals surface area contributed by atoms with Gasteiger partial charge in [0.05, 0.1) is 0 Å². The SMILES string of the molecule is CN(C)CCCN.NN. The van der Waals surface area contributed by atoms with Crippen molar-refractivity contribution < 1.29 is 0 Å². The van der Waals surface area contributed by atoms with Gasteiger partial charge in [-0.2, -0.15) is 0 Å². The van der Waals surface area contributed by atoms with Crippen molar-refractivity contribution in [3.8, 4) is 0 Å². The van der Waals surface area contributed by atoms with Crippen molar-refractivity contribution in [3.05, 3.63) is 0 Å². The molecule has 0 amide bonds. The molecule has 0 aromatic heterocycles. The first-order chi connectivity index (χ1) is 4.27. The van der Waals surface area contributed by atoms with Crippen LogP contribution in [0.2, 0.25) is 0 Å². The second-order valence-electron chi connectivity index (χ2n) is 1.95. The van der Waals surface area contributed by atoms with E-state index < -0.39 is 0 Å². The van der Waals surface area contributed by atoms with Crippen LogP contribution in [-0.4, -0.2) is 32.1 Å². The monoisotopic (exact) mass is 134 g/mol. The molecular weight excluding hydrogens is 116 g/mol. The number of hydrazine groups is 1. The van der Waals surface area contributed by atoms with Gasteiger partial charge in [-0.25, -0.2) is 0 Å². The van der Waals surface area contributed by atoms with Gasteiger partial charge in [0.2, 0.25) is 0 Å². The van der Waals surface area contributed by atoms with E-state index in [0.717, 1.165) is 19.5 Å². The van der Waals surface area contributed by atoms with Gasteiger partial charge in [0, 0.05) is 0 Å². The van der Waals surface area contributed by atoms with Crippen molar-refractivity contribution >= 4 is 0 Å². The fraction of sp³-hybridized carbons (Fsp3) is 1.00. The molecule has 0 fully saturated rings. The maximum absolute atomic E-state index is 5.25. The van der Waals surface area contributed by atoms with E-state index in [1.165, 1.54) is 0 Å².